The van der Waals surface area contributed by atoms with Crippen molar-refractivity contribution in [3.63, 3.8) is 0 Å². The van der Waals surface area contributed by atoms with E-state index in [0.717, 1.165) is 11.3 Å². The quantitative estimate of drug-likeness (QED) is 0.759. The van der Waals surface area contributed by atoms with Crippen molar-refractivity contribution in [2.75, 3.05) is 13.1 Å². The summed E-state index contributed by atoms with van der Waals surface area (Å²) in [5, 5.41) is 0. The lowest BCUT2D eigenvalue weighted by molar-refractivity contribution is 0.0796. The molecule has 20 heavy (non-hydrogen) atoms. The zero-order chi connectivity index (χ0) is 14.4. The fourth-order valence-corrected chi connectivity index (χ4v) is 2.67. The van der Waals surface area contributed by atoms with Gasteiger partial charge in [-0.2, -0.15) is 0 Å². The van der Waals surface area contributed by atoms with Gasteiger partial charge >= 0.3 is 0 Å². The van der Waals surface area contributed by atoms with E-state index < -0.39 is 0 Å². The molecule has 0 aliphatic carbocycles. The topological polar surface area (TPSA) is 33.2 Å². The number of nitrogens with zero attached hydrogens (tertiary/aromatic N) is 2. The summed E-state index contributed by atoms with van der Waals surface area (Å²) in [7, 11) is 0. The number of aromatic nitrogens is 1. The van der Waals surface area contributed by atoms with E-state index >= 15 is 0 Å². The van der Waals surface area contributed by atoms with Crippen LogP contribution < -0.4 is 0 Å². The van der Waals surface area contributed by atoms with Crippen LogP contribution in [0.4, 0.5) is 0 Å². The van der Waals surface area contributed by atoms with Crippen LogP contribution in [0.2, 0.25) is 0 Å². The zero-order valence-electron chi connectivity index (χ0n) is 11.2. The highest BCUT2D eigenvalue weighted by molar-refractivity contribution is 7.12. The van der Waals surface area contributed by atoms with E-state index in [0.29, 0.717) is 18.0 Å². The van der Waals surface area contributed by atoms with Gasteiger partial charge in [0, 0.05) is 18.7 Å². The summed E-state index contributed by atoms with van der Waals surface area (Å²) >= 11 is 1.36. The molecule has 1 aromatic carbocycles. The van der Waals surface area contributed by atoms with Crippen molar-refractivity contribution in [1.29, 1.82) is 0 Å². The van der Waals surface area contributed by atoms with Crippen LogP contribution in [-0.4, -0.2) is 28.9 Å². The van der Waals surface area contributed by atoms with Gasteiger partial charge in [-0.25, -0.2) is 4.98 Å². The SMILES string of the molecule is C=CCN(CC=C)C(=O)c1scnc1-c1ccccc1. The Bertz CT molecular complexity index is 594. The van der Waals surface area contributed by atoms with Gasteiger partial charge < -0.3 is 4.90 Å². The van der Waals surface area contributed by atoms with Crippen LogP contribution in [0.3, 0.4) is 0 Å². The molecule has 2 aromatic rings. The van der Waals surface area contributed by atoms with Gasteiger partial charge in [0.15, 0.2) is 0 Å². The predicted octanol–water partition coefficient (Wildman–Crippen LogP) is 3.62. The number of thiazole rings is 1. The first-order valence-electron chi connectivity index (χ1n) is 6.28. The Labute approximate surface area is 122 Å². The molecule has 0 saturated carbocycles. The largest absolute Gasteiger partial charge is 0.330 e. The molecular weight excluding hydrogens is 268 g/mol. The number of carbonyl (C=O) groups is 1. The Kier molecular flexibility index (Phi) is 4.85. The summed E-state index contributed by atoms with van der Waals surface area (Å²) < 4.78 is 0. The monoisotopic (exact) mass is 284 g/mol. The van der Waals surface area contributed by atoms with Gasteiger partial charge in [-0.15, -0.1) is 24.5 Å². The molecule has 0 N–H and O–H groups in total. The molecule has 0 fully saturated rings. The van der Waals surface area contributed by atoms with Gasteiger partial charge in [-0.05, 0) is 0 Å². The lowest BCUT2D eigenvalue weighted by Gasteiger charge is -2.18. The van der Waals surface area contributed by atoms with Crippen LogP contribution in [0, 0.1) is 0 Å². The third-order valence-corrected chi connectivity index (χ3v) is 3.61. The van der Waals surface area contributed by atoms with Crippen LogP contribution in [0.1, 0.15) is 9.67 Å². The summed E-state index contributed by atoms with van der Waals surface area (Å²) in [6.07, 6.45) is 3.43. The Hall–Kier alpha value is -2.20. The van der Waals surface area contributed by atoms with Crippen LogP contribution >= 0.6 is 11.3 Å². The lowest BCUT2D eigenvalue weighted by Crippen LogP contribution is -2.31. The third kappa shape index (κ3) is 3.03. The third-order valence-electron chi connectivity index (χ3n) is 2.80. The van der Waals surface area contributed by atoms with Crippen molar-refractivity contribution in [2.24, 2.45) is 0 Å². The van der Waals surface area contributed by atoms with Gasteiger partial charge in [0.1, 0.15) is 4.88 Å². The fraction of sp³-hybridized carbons (Fsp3) is 0.125. The molecule has 1 heterocycles. The highest BCUT2D eigenvalue weighted by Crippen LogP contribution is 2.26. The Balaban J connectivity index is 2.33. The van der Waals surface area contributed by atoms with Gasteiger partial charge in [-0.1, -0.05) is 42.5 Å². The number of rotatable bonds is 6. The molecule has 1 aromatic heterocycles. The minimum Gasteiger partial charge on any atom is -0.330 e. The maximum absolute atomic E-state index is 12.6. The number of amides is 1. The molecule has 0 atom stereocenters. The summed E-state index contributed by atoms with van der Waals surface area (Å²) in [6.45, 7) is 8.37. The van der Waals surface area contributed by atoms with Crippen molar-refractivity contribution < 1.29 is 4.79 Å². The second kappa shape index (κ2) is 6.82. The highest BCUT2D eigenvalue weighted by Gasteiger charge is 2.20. The molecule has 102 valence electrons. The van der Waals surface area contributed by atoms with E-state index in [2.05, 4.69) is 18.1 Å². The Morgan fingerprint density at radius 1 is 1.20 bits per heavy atom. The molecule has 0 bridgehead atoms. The lowest BCUT2D eigenvalue weighted by atomic mass is 10.1. The summed E-state index contributed by atoms with van der Waals surface area (Å²) in [4.78, 5) is 19.3. The summed E-state index contributed by atoms with van der Waals surface area (Å²) in [5.74, 6) is -0.0360. The predicted molar refractivity (Wildman–Crippen MR) is 83.8 cm³/mol. The van der Waals surface area contributed by atoms with Crippen molar-refractivity contribution >= 4 is 17.2 Å². The number of hydrogen-bond acceptors (Lipinski definition) is 3. The molecule has 0 saturated heterocycles. The van der Waals surface area contributed by atoms with Crippen LogP contribution in [-0.2, 0) is 0 Å². The fourth-order valence-electron chi connectivity index (χ4n) is 1.90. The number of carbonyl (C=O) groups excluding carboxylic acids is 1. The first-order valence-corrected chi connectivity index (χ1v) is 7.16. The standard InChI is InChI=1S/C16H16N2OS/c1-3-10-18(11-4-2)16(19)15-14(17-12-20-15)13-8-6-5-7-9-13/h3-9,12H,1-2,10-11H2. The highest BCUT2D eigenvalue weighted by atomic mass is 32.1. The number of hydrogen-bond donors (Lipinski definition) is 0. The number of benzene rings is 1. The van der Waals surface area contributed by atoms with E-state index in [1.54, 1.807) is 22.6 Å². The summed E-state index contributed by atoms with van der Waals surface area (Å²) in [6, 6.07) is 9.73. The Morgan fingerprint density at radius 2 is 1.85 bits per heavy atom. The van der Waals surface area contributed by atoms with Crippen LogP contribution in [0.5, 0.6) is 0 Å². The average Bonchev–Trinajstić information content (AvgIpc) is 2.96. The zero-order valence-corrected chi connectivity index (χ0v) is 12.0. The molecule has 4 heteroatoms. The average molecular weight is 284 g/mol. The minimum absolute atomic E-state index is 0.0360. The van der Waals surface area contributed by atoms with Gasteiger partial charge in [0.25, 0.3) is 5.91 Å². The van der Waals surface area contributed by atoms with Crippen molar-refractivity contribution in [3.05, 3.63) is 66.0 Å². The van der Waals surface area contributed by atoms with Crippen molar-refractivity contribution in [3.8, 4) is 11.3 Å². The van der Waals surface area contributed by atoms with E-state index in [4.69, 9.17) is 0 Å². The van der Waals surface area contributed by atoms with Gasteiger partial charge in [0.05, 0.1) is 11.2 Å². The maximum Gasteiger partial charge on any atom is 0.266 e. The van der Waals surface area contributed by atoms with E-state index in [1.165, 1.54) is 11.3 Å². The maximum atomic E-state index is 12.6. The van der Waals surface area contributed by atoms with E-state index in [-0.39, 0.29) is 5.91 Å². The molecule has 2 rings (SSSR count). The molecule has 0 radical (unpaired) electrons. The second-order valence-electron chi connectivity index (χ2n) is 4.18. The second-order valence-corrected chi connectivity index (χ2v) is 5.04. The smallest absolute Gasteiger partial charge is 0.266 e. The summed E-state index contributed by atoms with van der Waals surface area (Å²) in [5.41, 5.74) is 3.39. The first-order chi connectivity index (χ1) is 9.77. The molecule has 0 unspecified atom stereocenters. The van der Waals surface area contributed by atoms with E-state index in [1.807, 2.05) is 30.3 Å². The van der Waals surface area contributed by atoms with Crippen molar-refractivity contribution in [2.45, 2.75) is 0 Å². The van der Waals surface area contributed by atoms with Gasteiger partial charge in [0.2, 0.25) is 0 Å². The van der Waals surface area contributed by atoms with Crippen LogP contribution in [0.25, 0.3) is 11.3 Å². The normalized spacial score (nSPS) is 10.0. The molecule has 1 amide bonds. The first kappa shape index (κ1) is 14.2. The van der Waals surface area contributed by atoms with Gasteiger partial charge in [-0.3, -0.25) is 4.79 Å². The minimum atomic E-state index is -0.0360. The molecular formula is C16H16N2OS. The molecule has 0 aliphatic rings. The Morgan fingerprint density at radius 3 is 2.45 bits per heavy atom. The van der Waals surface area contributed by atoms with Crippen LogP contribution in [0.15, 0.2) is 61.2 Å². The van der Waals surface area contributed by atoms with E-state index in [9.17, 15) is 4.79 Å². The molecule has 0 spiro atoms. The molecule has 3 nitrogen and oxygen atoms in total. The van der Waals surface area contributed by atoms with Crippen molar-refractivity contribution in [1.82, 2.24) is 9.88 Å². The molecule has 0 aliphatic heterocycles.